The molecule has 0 saturated carbocycles. The quantitative estimate of drug-likeness (QED) is 0.148. The summed E-state index contributed by atoms with van der Waals surface area (Å²) in [4.78, 5) is 13.8. The van der Waals surface area contributed by atoms with Crippen molar-refractivity contribution in [3.8, 4) is 57.0 Å². The van der Waals surface area contributed by atoms with Crippen molar-refractivity contribution < 1.29 is 54.4 Å². The van der Waals surface area contributed by atoms with Gasteiger partial charge in [-0.3, -0.25) is 19.1 Å². The van der Waals surface area contributed by atoms with E-state index in [1.54, 1.807) is 28.4 Å². The molecule has 2 heterocycles. The standard InChI is InChI=1S/C34H42N4O6.2CH4O3S/c1-9-43-33-29(39-5)17-23(18-30(33)40-6)27-13-11-25(21-35-27)37(3)15-16-38(4)26-12-14-28(36-22-26)24-19-31(41-7)34(44-10-2)32(20-24)42-8;2*1-5(2,3)4/h11-14,17-22H,9-10,15-16H2,1-8H3;2*1H3,(H,2,3,4). The van der Waals surface area contributed by atoms with E-state index >= 15 is 0 Å². The zero-order valence-electron chi connectivity index (χ0n) is 32.2. The van der Waals surface area contributed by atoms with Crippen LogP contribution < -0.4 is 38.2 Å². The summed E-state index contributed by atoms with van der Waals surface area (Å²) in [6.07, 6.45) is 5.18. The Hall–Kier alpha value is -5.04. The number of hydrogen-bond donors (Lipinski definition) is 2. The Kier molecular flexibility index (Phi) is 17.5. The normalized spacial score (nSPS) is 10.8. The molecular formula is C36H50N4O12S2. The molecule has 0 amide bonds. The average molecular weight is 795 g/mol. The average Bonchev–Trinajstić information content (AvgIpc) is 3.12. The SMILES string of the molecule is CCOc1c(OC)cc(-c2ccc(N(C)CCN(C)c3ccc(-c4cc(OC)c(OCC)c(OC)c4)nc3)cn2)cc1OC.CS(=O)(=O)O.CS(=O)(=O)O. The molecule has 4 aromatic rings. The minimum Gasteiger partial charge on any atom is -0.493 e. The van der Waals surface area contributed by atoms with Gasteiger partial charge in [-0.1, -0.05) is 0 Å². The Morgan fingerprint density at radius 3 is 1.06 bits per heavy atom. The Morgan fingerprint density at radius 2 is 0.852 bits per heavy atom. The maximum Gasteiger partial charge on any atom is 0.261 e. The molecule has 0 bridgehead atoms. The summed E-state index contributed by atoms with van der Waals surface area (Å²) in [5.41, 5.74) is 5.42. The predicted molar refractivity (Wildman–Crippen MR) is 209 cm³/mol. The number of hydrogen-bond acceptors (Lipinski definition) is 14. The summed E-state index contributed by atoms with van der Waals surface area (Å²) >= 11 is 0. The molecule has 0 unspecified atom stereocenters. The highest BCUT2D eigenvalue weighted by Crippen LogP contribution is 2.42. The van der Waals surface area contributed by atoms with Crippen LogP contribution in [0.5, 0.6) is 34.5 Å². The van der Waals surface area contributed by atoms with Crippen molar-refractivity contribution in [3.63, 3.8) is 0 Å². The van der Waals surface area contributed by atoms with Crippen LogP contribution in [0.1, 0.15) is 13.8 Å². The zero-order chi connectivity index (χ0) is 40.6. The second kappa shape index (κ2) is 21.0. The zero-order valence-corrected chi connectivity index (χ0v) is 33.8. The minimum atomic E-state index is -3.67. The second-order valence-electron chi connectivity index (χ2n) is 11.4. The molecule has 2 N–H and O–H groups in total. The molecule has 2 aromatic heterocycles. The number of rotatable bonds is 15. The number of benzene rings is 2. The van der Waals surface area contributed by atoms with Gasteiger partial charge < -0.3 is 38.2 Å². The van der Waals surface area contributed by atoms with Crippen LogP contribution >= 0.6 is 0 Å². The highest BCUT2D eigenvalue weighted by Gasteiger charge is 2.17. The van der Waals surface area contributed by atoms with Crippen LogP contribution in [0.4, 0.5) is 11.4 Å². The van der Waals surface area contributed by atoms with Gasteiger partial charge in [0, 0.05) is 38.3 Å². The Bertz CT molecular complexity index is 1780. The molecule has 0 aliphatic rings. The lowest BCUT2D eigenvalue weighted by Crippen LogP contribution is -2.30. The van der Waals surface area contributed by atoms with Crippen molar-refractivity contribution in [2.24, 2.45) is 0 Å². The van der Waals surface area contributed by atoms with Gasteiger partial charge in [-0.2, -0.15) is 16.8 Å². The van der Waals surface area contributed by atoms with Gasteiger partial charge in [0.15, 0.2) is 23.0 Å². The summed E-state index contributed by atoms with van der Waals surface area (Å²) < 4.78 is 85.4. The molecule has 18 heteroatoms. The summed E-state index contributed by atoms with van der Waals surface area (Å²) in [5.74, 6) is 3.59. The number of anilines is 2. The summed E-state index contributed by atoms with van der Waals surface area (Å²) in [6, 6.07) is 15.8. The lowest BCUT2D eigenvalue weighted by Gasteiger charge is -2.25. The fraction of sp³-hybridized carbons (Fsp3) is 0.389. The molecule has 0 fully saturated rings. The first-order valence-electron chi connectivity index (χ1n) is 16.3. The van der Waals surface area contributed by atoms with Crippen LogP contribution in [0.25, 0.3) is 22.5 Å². The molecule has 54 heavy (non-hydrogen) atoms. The van der Waals surface area contributed by atoms with Crippen molar-refractivity contribution in [1.82, 2.24) is 9.97 Å². The van der Waals surface area contributed by atoms with Gasteiger partial charge in [0.25, 0.3) is 20.2 Å². The fourth-order valence-corrected chi connectivity index (χ4v) is 4.75. The second-order valence-corrected chi connectivity index (χ2v) is 14.3. The van der Waals surface area contributed by atoms with E-state index in [0.29, 0.717) is 60.2 Å². The molecule has 0 saturated heterocycles. The molecular weight excluding hydrogens is 745 g/mol. The van der Waals surface area contributed by atoms with Crippen LogP contribution in [-0.2, 0) is 20.2 Å². The predicted octanol–water partition coefficient (Wildman–Crippen LogP) is 5.22. The lowest BCUT2D eigenvalue weighted by molar-refractivity contribution is 0.288. The third-order valence-corrected chi connectivity index (χ3v) is 7.24. The van der Waals surface area contributed by atoms with Crippen molar-refractivity contribution in [2.45, 2.75) is 13.8 Å². The van der Waals surface area contributed by atoms with Gasteiger partial charge in [0.2, 0.25) is 11.5 Å². The van der Waals surface area contributed by atoms with E-state index in [1.807, 2.05) is 62.6 Å². The van der Waals surface area contributed by atoms with Gasteiger partial charge in [0.05, 0.1) is 89.3 Å². The van der Waals surface area contributed by atoms with E-state index in [0.717, 1.165) is 47.0 Å². The lowest BCUT2D eigenvalue weighted by atomic mass is 10.1. The van der Waals surface area contributed by atoms with Crippen LogP contribution in [0.3, 0.4) is 0 Å². The molecule has 0 aliphatic heterocycles. The van der Waals surface area contributed by atoms with E-state index in [4.69, 9.17) is 47.5 Å². The summed E-state index contributed by atoms with van der Waals surface area (Å²) in [7, 11) is 3.24. The van der Waals surface area contributed by atoms with Crippen molar-refractivity contribution in [2.75, 3.05) is 91.1 Å². The molecule has 0 aliphatic carbocycles. The third-order valence-electron chi connectivity index (χ3n) is 7.24. The number of aromatic nitrogens is 2. The molecule has 0 radical (unpaired) electrons. The number of nitrogens with zero attached hydrogens (tertiary/aromatic N) is 4. The number of ether oxygens (including phenoxy) is 6. The topological polar surface area (TPSA) is 196 Å². The first-order valence-corrected chi connectivity index (χ1v) is 20.0. The van der Waals surface area contributed by atoms with Crippen molar-refractivity contribution >= 4 is 31.6 Å². The molecule has 4 rings (SSSR count). The first kappa shape index (κ1) is 45.1. The van der Waals surface area contributed by atoms with E-state index in [-0.39, 0.29) is 0 Å². The van der Waals surface area contributed by atoms with Crippen LogP contribution in [0.2, 0.25) is 0 Å². The van der Waals surface area contributed by atoms with E-state index in [2.05, 4.69) is 36.0 Å². The molecule has 0 atom stereocenters. The van der Waals surface area contributed by atoms with Gasteiger partial charge in [-0.25, -0.2) is 0 Å². The van der Waals surface area contributed by atoms with Crippen LogP contribution in [0.15, 0.2) is 60.9 Å². The highest BCUT2D eigenvalue weighted by atomic mass is 32.2. The Balaban J connectivity index is 0.000000892. The molecule has 298 valence electrons. The van der Waals surface area contributed by atoms with Crippen LogP contribution in [0, 0.1) is 0 Å². The van der Waals surface area contributed by atoms with Crippen molar-refractivity contribution in [1.29, 1.82) is 0 Å². The Morgan fingerprint density at radius 1 is 0.574 bits per heavy atom. The smallest absolute Gasteiger partial charge is 0.261 e. The largest absolute Gasteiger partial charge is 0.493 e. The van der Waals surface area contributed by atoms with Crippen LogP contribution in [-0.4, -0.2) is 117 Å². The van der Waals surface area contributed by atoms with Crippen molar-refractivity contribution in [3.05, 3.63) is 60.9 Å². The molecule has 16 nitrogen and oxygen atoms in total. The summed E-state index contributed by atoms with van der Waals surface area (Å²) in [6.45, 7) is 6.45. The number of methoxy groups -OCH3 is 4. The van der Waals surface area contributed by atoms with Gasteiger partial charge in [-0.15, -0.1) is 0 Å². The number of likely N-dealkylation sites (N-methyl/N-ethyl adjacent to an activating group) is 2. The maximum absolute atomic E-state index is 9.19. The Labute approximate surface area is 318 Å². The monoisotopic (exact) mass is 794 g/mol. The van der Waals surface area contributed by atoms with E-state index < -0.39 is 20.2 Å². The first-order chi connectivity index (χ1) is 25.4. The minimum absolute atomic E-state index is 0.511. The number of pyridine rings is 2. The third kappa shape index (κ3) is 14.8. The highest BCUT2D eigenvalue weighted by molar-refractivity contribution is 7.85. The van der Waals surface area contributed by atoms with Gasteiger partial charge in [-0.05, 0) is 62.4 Å². The fourth-order valence-electron chi connectivity index (χ4n) is 4.75. The van der Waals surface area contributed by atoms with E-state index in [9.17, 15) is 16.8 Å². The van der Waals surface area contributed by atoms with Gasteiger partial charge >= 0.3 is 0 Å². The summed E-state index contributed by atoms with van der Waals surface area (Å²) in [5, 5.41) is 0. The molecule has 2 aromatic carbocycles. The molecule has 0 spiro atoms. The van der Waals surface area contributed by atoms with E-state index in [1.165, 1.54) is 0 Å². The maximum atomic E-state index is 9.19. The van der Waals surface area contributed by atoms with Gasteiger partial charge in [0.1, 0.15) is 0 Å².